The van der Waals surface area contributed by atoms with Gasteiger partial charge in [-0.25, -0.2) is 8.78 Å². The van der Waals surface area contributed by atoms with Crippen LogP contribution in [0.5, 0.6) is 0 Å². The molecule has 1 aliphatic rings. The van der Waals surface area contributed by atoms with Gasteiger partial charge in [-0.05, 0) is 62.9 Å². The maximum Gasteiger partial charge on any atom is 0.151 e. The summed E-state index contributed by atoms with van der Waals surface area (Å²) in [6.07, 6.45) is 2.58. The lowest BCUT2D eigenvalue weighted by Crippen LogP contribution is -2.48. The van der Waals surface area contributed by atoms with Crippen molar-refractivity contribution >= 4 is 29.2 Å². The van der Waals surface area contributed by atoms with Crippen LogP contribution in [0.25, 0.3) is 0 Å². The molecule has 0 aromatic heterocycles. The van der Waals surface area contributed by atoms with Crippen molar-refractivity contribution in [3.63, 3.8) is 0 Å². The van der Waals surface area contributed by atoms with Crippen molar-refractivity contribution in [1.29, 1.82) is 0 Å². The van der Waals surface area contributed by atoms with Crippen LogP contribution in [0.2, 0.25) is 5.02 Å². The first-order chi connectivity index (χ1) is 12.2. The van der Waals surface area contributed by atoms with Gasteiger partial charge in [-0.15, -0.1) is 0 Å². The Morgan fingerprint density at radius 2 is 2.00 bits per heavy atom. The number of benzene rings is 2. The summed E-state index contributed by atoms with van der Waals surface area (Å²) in [6, 6.07) is 7.33. The molecular weight excluding hydrogens is 354 g/mol. The monoisotopic (exact) mass is 376 g/mol. The molecule has 2 aromatic rings. The van der Waals surface area contributed by atoms with Gasteiger partial charge >= 0.3 is 0 Å². The number of hydrogen-bond acceptors (Lipinski definition) is 2. The highest BCUT2D eigenvalue weighted by Crippen LogP contribution is 2.44. The minimum Gasteiger partial charge on any atom is -0.366 e. The van der Waals surface area contributed by atoms with Gasteiger partial charge in [-0.3, -0.25) is 4.99 Å². The van der Waals surface area contributed by atoms with Crippen molar-refractivity contribution in [2.24, 2.45) is 4.99 Å². The predicted molar refractivity (Wildman–Crippen MR) is 105 cm³/mol. The molecule has 0 fully saturated rings. The van der Waals surface area contributed by atoms with E-state index in [1.165, 1.54) is 17.7 Å². The number of hydrogen-bond donors (Lipinski definition) is 0. The summed E-state index contributed by atoms with van der Waals surface area (Å²) in [5.41, 5.74) is 3.25. The Hall–Kier alpha value is -1.94. The van der Waals surface area contributed by atoms with Crippen LogP contribution in [0.1, 0.15) is 51.2 Å². The maximum atomic E-state index is 13.8. The number of rotatable bonds is 3. The third-order valence-electron chi connectivity index (χ3n) is 5.07. The molecule has 1 heterocycles. The van der Waals surface area contributed by atoms with E-state index in [0.29, 0.717) is 10.9 Å². The van der Waals surface area contributed by atoms with E-state index in [9.17, 15) is 8.78 Å². The molecular formula is C21H23ClF2N2. The summed E-state index contributed by atoms with van der Waals surface area (Å²) in [5, 5.41) is 0.568. The van der Waals surface area contributed by atoms with Gasteiger partial charge in [0.15, 0.2) is 5.82 Å². The Bertz CT molecular complexity index is 861. The van der Waals surface area contributed by atoms with E-state index in [1.54, 1.807) is 6.21 Å². The van der Waals surface area contributed by atoms with Crippen molar-refractivity contribution < 1.29 is 8.78 Å². The van der Waals surface area contributed by atoms with Crippen LogP contribution in [0.15, 0.2) is 35.3 Å². The Kier molecular flexibility index (Phi) is 5.07. The smallest absolute Gasteiger partial charge is 0.151 e. The Labute approximate surface area is 158 Å². The van der Waals surface area contributed by atoms with Crippen molar-refractivity contribution in [2.45, 2.75) is 45.6 Å². The molecule has 0 N–H and O–H groups in total. The van der Waals surface area contributed by atoms with Gasteiger partial charge < -0.3 is 4.90 Å². The van der Waals surface area contributed by atoms with Crippen molar-refractivity contribution in [1.82, 2.24) is 0 Å². The fourth-order valence-corrected chi connectivity index (χ4v) is 4.15. The predicted octanol–water partition coefficient (Wildman–Crippen LogP) is 6.48. The molecule has 0 saturated carbocycles. The Balaban J connectivity index is 2.01. The third-order valence-corrected chi connectivity index (χ3v) is 5.40. The van der Waals surface area contributed by atoms with Crippen LogP contribution in [-0.4, -0.2) is 18.3 Å². The van der Waals surface area contributed by atoms with E-state index < -0.39 is 11.6 Å². The van der Waals surface area contributed by atoms with Crippen molar-refractivity contribution in [2.75, 3.05) is 11.4 Å². The van der Waals surface area contributed by atoms with Crippen LogP contribution < -0.4 is 4.90 Å². The van der Waals surface area contributed by atoms with Gasteiger partial charge in [0.25, 0.3) is 0 Å². The normalized spacial score (nSPS) is 19.0. The van der Waals surface area contributed by atoms with E-state index in [4.69, 9.17) is 11.6 Å². The fourth-order valence-electron chi connectivity index (χ4n) is 3.94. The molecule has 138 valence electrons. The van der Waals surface area contributed by atoms with Crippen molar-refractivity contribution in [3.05, 3.63) is 58.1 Å². The zero-order chi connectivity index (χ0) is 19.1. The standard InChI is InChI=1S/C21H23ClF2N2/c1-5-26-20-10-17(22)14(8-16(20)13(2)11-21(26,3)4)12-25-19-7-6-15(23)9-18(19)24/h6-10,12-13H,5,11H2,1-4H3. The Morgan fingerprint density at radius 3 is 2.65 bits per heavy atom. The summed E-state index contributed by atoms with van der Waals surface area (Å²) in [4.78, 5) is 6.52. The first-order valence-electron chi connectivity index (χ1n) is 8.83. The van der Waals surface area contributed by atoms with E-state index in [-0.39, 0.29) is 11.2 Å². The highest BCUT2D eigenvalue weighted by atomic mass is 35.5. The third kappa shape index (κ3) is 3.48. The molecule has 2 aromatic carbocycles. The van der Waals surface area contributed by atoms with E-state index in [1.807, 2.05) is 12.1 Å². The maximum absolute atomic E-state index is 13.8. The lowest BCUT2D eigenvalue weighted by atomic mass is 9.79. The fraction of sp³-hybridized carbons (Fsp3) is 0.381. The zero-order valence-electron chi connectivity index (χ0n) is 15.5. The average molecular weight is 377 g/mol. The number of fused-ring (bicyclic) bond motifs is 1. The number of nitrogens with zero attached hydrogens (tertiary/aromatic N) is 2. The highest BCUT2D eigenvalue weighted by molar-refractivity contribution is 6.33. The summed E-state index contributed by atoms with van der Waals surface area (Å²) >= 11 is 6.48. The molecule has 1 aliphatic heterocycles. The Morgan fingerprint density at radius 1 is 1.27 bits per heavy atom. The van der Waals surface area contributed by atoms with E-state index in [0.717, 1.165) is 30.3 Å². The van der Waals surface area contributed by atoms with Crippen molar-refractivity contribution in [3.8, 4) is 0 Å². The second-order valence-corrected chi connectivity index (χ2v) is 7.86. The summed E-state index contributed by atoms with van der Waals surface area (Å²) in [5.74, 6) is -0.929. The molecule has 0 amide bonds. The van der Waals surface area contributed by atoms with Gasteiger partial charge in [0.2, 0.25) is 0 Å². The summed E-state index contributed by atoms with van der Waals surface area (Å²) in [6.45, 7) is 9.74. The molecule has 3 rings (SSSR count). The van der Waals surface area contributed by atoms with Crippen LogP contribution in [0.4, 0.5) is 20.2 Å². The lowest BCUT2D eigenvalue weighted by molar-refractivity contribution is 0.381. The lowest BCUT2D eigenvalue weighted by Gasteiger charge is -2.47. The number of aliphatic imine (C=N–C) groups is 1. The quantitative estimate of drug-likeness (QED) is 0.559. The molecule has 0 radical (unpaired) electrons. The largest absolute Gasteiger partial charge is 0.366 e. The van der Waals surface area contributed by atoms with Crippen LogP contribution in [-0.2, 0) is 0 Å². The molecule has 0 spiro atoms. The molecule has 1 unspecified atom stereocenters. The van der Waals surface area contributed by atoms with Gasteiger partial charge in [0.05, 0.1) is 10.7 Å². The van der Waals surface area contributed by atoms with Crippen LogP contribution >= 0.6 is 11.6 Å². The molecule has 0 aliphatic carbocycles. The molecule has 1 atom stereocenters. The number of anilines is 1. The minimum atomic E-state index is -0.692. The molecule has 5 heteroatoms. The van der Waals surface area contributed by atoms with Crippen LogP contribution in [0.3, 0.4) is 0 Å². The molecule has 2 nitrogen and oxygen atoms in total. The first-order valence-corrected chi connectivity index (χ1v) is 9.21. The van der Waals surface area contributed by atoms with Gasteiger partial charge in [-0.1, -0.05) is 18.5 Å². The van der Waals surface area contributed by atoms with Gasteiger partial charge in [0.1, 0.15) is 5.82 Å². The van der Waals surface area contributed by atoms with E-state index in [2.05, 4.69) is 37.6 Å². The molecule has 26 heavy (non-hydrogen) atoms. The summed E-state index contributed by atoms with van der Waals surface area (Å²) < 4.78 is 26.8. The van der Waals surface area contributed by atoms with Gasteiger partial charge in [-0.2, -0.15) is 0 Å². The SMILES string of the molecule is CCN1c2cc(Cl)c(C=Nc3ccc(F)cc3F)cc2C(C)CC1(C)C. The minimum absolute atomic E-state index is 0.0668. The zero-order valence-corrected chi connectivity index (χ0v) is 16.2. The highest BCUT2D eigenvalue weighted by Gasteiger charge is 2.35. The second kappa shape index (κ2) is 6.99. The van der Waals surface area contributed by atoms with Crippen LogP contribution in [0, 0.1) is 11.6 Å². The first kappa shape index (κ1) is 18.8. The summed E-state index contributed by atoms with van der Waals surface area (Å²) in [7, 11) is 0. The van der Waals surface area contributed by atoms with Gasteiger partial charge in [0, 0.05) is 35.6 Å². The number of halogens is 3. The molecule has 0 saturated heterocycles. The second-order valence-electron chi connectivity index (χ2n) is 7.45. The topological polar surface area (TPSA) is 15.6 Å². The molecule has 0 bridgehead atoms. The van der Waals surface area contributed by atoms with E-state index >= 15 is 0 Å². The average Bonchev–Trinajstić information content (AvgIpc) is 2.54.